The maximum atomic E-state index is 13.4. The molecule has 2 amide bonds. The van der Waals surface area contributed by atoms with Gasteiger partial charge >= 0.3 is 6.03 Å². The van der Waals surface area contributed by atoms with Crippen molar-refractivity contribution < 1.29 is 13.9 Å². The molecule has 0 atom stereocenters. The highest BCUT2D eigenvalue weighted by molar-refractivity contribution is 5.89. The van der Waals surface area contributed by atoms with Crippen LogP contribution in [0.25, 0.3) is 0 Å². The Hall–Kier alpha value is -3.54. The second-order valence-electron chi connectivity index (χ2n) is 6.59. The normalized spacial score (nSPS) is 10.4. The summed E-state index contributed by atoms with van der Waals surface area (Å²) >= 11 is 0. The first-order valence-corrected chi connectivity index (χ1v) is 9.28. The summed E-state index contributed by atoms with van der Waals surface area (Å²) in [6.07, 6.45) is 3.64. The Morgan fingerprint density at radius 1 is 1.21 bits per heavy atom. The van der Waals surface area contributed by atoms with E-state index in [1.165, 1.54) is 12.1 Å². The third-order valence-corrected chi connectivity index (χ3v) is 4.48. The van der Waals surface area contributed by atoms with E-state index in [0.29, 0.717) is 25.3 Å². The van der Waals surface area contributed by atoms with E-state index in [1.54, 1.807) is 30.2 Å². The summed E-state index contributed by atoms with van der Waals surface area (Å²) in [7, 11) is 1.64. The Morgan fingerprint density at radius 3 is 2.79 bits per heavy atom. The molecular weight excluding hydrogens is 369 g/mol. The van der Waals surface area contributed by atoms with Crippen LogP contribution in [0.2, 0.25) is 0 Å². The number of nitrogens with one attached hydrogen (secondary N) is 1. The number of halogens is 1. The lowest BCUT2D eigenvalue weighted by atomic mass is 10.2. The van der Waals surface area contributed by atoms with E-state index in [1.807, 2.05) is 42.6 Å². The maximum absolute atomic E-state index is 13.4. The summed E-state index contributed by atoms with van der Waals surface area (Å²) in [5, 5.41) is 2.74. The van der Waals surface area contributed by atoms with Gasteiger partial charge in [-0.2, -0.15) is 0 Å². The average Bonchev–Trinajstić information content (AvgIpc) is 3.14. The molecule has 29 heavy (non-hydrogen) atoms. The number of rotatable bonds is 8. The van der Waals surface area contributed by atoms with Crippen LogP contribution in [0.4, 0.5) is 14.9 Å². The Morgan fingerprint density at radius 2 is 2.03 bits per heavy atom. The second-order valence-corrected chi connectivity index (χ2v) is 6.59. The molecule has 0 saturated carbocycles. The lowest BCUT2D eigenvalue weighted by molar-refractivity contribution is 0.214. The minimum Gasteiger partial charge on any atom is -0.497 e. The summed E-state index contributed by atoms with van der Waals surface area (Å²) in [6, 6.07) is 17.3. The van der Waals surface area contributed by atoms with Crippen molar-refractivity contribution in [2.45, 2.75) is 13.1 Å². The van der Waals surface area contributed by atoms with Gasteiger partial charge in [0, 0.05) is 30.7 Å². The van der Waals surface area contributed by atoms with Gasteiger partial charge in [0.25, 0.3) is 0 Å². The van der Waals surface area contributed by atoms with E-state index in [-0.39, 0.29) is 6.03 Å². The molecule has 1 heterocycles. The van der Waals surface area contributed by atoms with E-state index >= 15 is 0 Å². The number of urea groups is 1. The Balaban J connectivity index is 1.73. The number of nitrogens with zero attached hydrogens (tertiary/aromatic N) is 2. The van der Waals surface area contributed by atoms with Gasteiger partial charge in [0.1, 0.15) is 11.6 Å². The van der Waals surface area contributed by atoms with E-state index in [9.17, 15) is 9.18 Å². The van der Waals surface area contributed by atoms with Gasteiger partial charge < -0.3 is 19.5 Å². The number of aromatic nitrogens is 1. The molecule has 0 aliphatic heterocycles. The number of hydrogen-bond donors (Lipinski definition) is 1. The van der Waals surface area contributed by atoms with Gasteiger partial charge in [-0.3, -0.25) is 0 Å². The molecule has 0 bridgehead atoms. The van der Waals surface area contributed by atoms with Gasteiger partial charge in [-0.1, -0.05) is 24.3 Å². The van der Waals surface area contributed by atoms with Crippen molar-refractivity contribution in [3.05, 3.63) is 96.6 Å². The minimum absolute atomic E-state index is 0.315. The molecule has 2 aromatic carbocycles. The van der Waals surface area contributed by atoms with Crippen LogP contribution >= 0.6 is 0 Å². The molecule has 0 spiro atoms. The van der Waals surface area contributed by atoms with Crippen LogP contribution in [-0.2, 0) is 13.1 Å². The van der Waals surface area contributed by atoms with Crippen molar-refractivity contribution in [3.63, 3.8) is 0 Å². The van der Waals surface area contributed by atoms with Crippen molar-refractivity contribution in [2.24, 2.45) is 0 Å². The van der Waals surface area contributed by atoms with Crippen LogP contribution in [0.1, 0.15) is 11.3 Å². The van der Waals surface area contributed by atoms with E-state index in [0.717, 1.165) is 17.0 Å². The molecule has 3 aromatic rings. The summed E-state index contributed by atoms with van der Waals surface area (Å²) in [5.74, 6) is 0.407. The monoisotopic (exact) mass is 393 g/mol. The molecule has 6 heteroatoms. The average molecular weight is 393 g/mol. The van der Waals surface area contributed by atoms with Crippen LogP contribution in [0.3, 0.4) is 0 Å². The molecule has 150 valence electrons. The van der Waals surface area contributed by atoms with Crippen molar-refractivity contribution >= 4 is 11.7 Å². The first kappa shape index (κ1) is 20.2. The largest absolute Gasteiger partial charge is 0.497 e. The number of carbonyl (C=O) groups is 1. The van der Waals surface area contributed by atoms with Crippen LogP contribution in [0.5, 0.6) is 5.75 Å². The fourth-order valence-corrected chi connectivity index (χ4v) is 3.05. The van der Waals surface area contributed by atoms with Gasteiger partial charge in [-0.05, 0) is 48.0 Å². The summed E-state index contributed by atoms with van der Waals surface area (Å²) in [4.78, 5) is 14.3. The molecule has 3 rings (SSSR count). The van der Waals surface area contributed by atoms with Crippen molar-refractivity contribution in [2.75, 3.05) is 19.0 Å². The van der Waals surface area contributed by atoms with Crippen LogP contribution in [-0.4, -0.2) is 29.2 Å². The fraction of sp³-hybridized carbons (Fsp3) is 0.174. The van der Waals surface area contributed by atoms with Crippen LogP contribution in [0, 0.1) is 5.82 Å². The summed E-state index contributed by atoms with van der Waals surface area (Å²) < 4.78 is 20.8. The number of hydrogen-bond acceptors (Lipinski definition) is 2. The predicted molar refractivity (Wildman–Crippen MR) is 113 cm³/mol. The number of carbonyl (C=O) groups excluding carboxylic acids is 1. The van der Waals surface area contributed by atoms with E-state index in [4.69, 9.17) is 4.74 Å². The third kappa shape index (κ3) is 5.48. The van der Waals surface area contributed by atoms with Gasteiger partial charge in [0.15, 0.2) is 0 Å². The fourth-order valence-electron chi connectivity index (χ4n) is 3.05. The molecule has 1 N–H and O–H groups in total. The minimum atomic E-state index is -0.398. The predicted octanol–water partition coefficient (Wildman–Crippen LogP) is 4.90. The highest BCUT2D eigenvalue weighted by Gasteiger charge is 2.15. The van der Waals surface area contributed by atoms with Crippen LogP contribution < -0.4 is 10.1 Å². The van der Waals surface area contributed by atoms with Crippen molar-refractivity contribution in [1.29, 1.82) is 0 Å². The van der Waals surface area contributed by atoms with Crippen molar-refractivity contribution in [3.8, 4) is 5.75 Å². The van der Waals surface area contributed by atoms with E-state index < -0.39 is 5.82 Å². The Labute approximate surface area is 170 Å². The smallest absolute Gasteiger partial charge is 0.322 e. The van der Waals surface area contributed by atoms with Crippen molar-refractivity contribution in [1.82, 2.24) is 9.47 Å². The molecule has 0 aliphatic rings. The van der Waals surface area contributed by atoms with Crippen LogP contribution in [0.15, 0.2) is 79.5 Å². The maximum Gasteiger partial charge on any atom is 0.322 e. The molecule has 1 aromatic heterocycles. The SMILES string of the molecule is C=CCN(Cc1cccn1Cc1cccc(OC)c1)C(=O)Nc1cccc(F)c1. The van der Waals surface area contributed by atoms with Gasteiger partial charge in [0.2, 0.25) is 0 Å². The first-order chi connectivity index (χ1) is 14.1. The lowest BCUT2D eigenvalue weighted by Gasteiger charge is -2.23. The zero-order valence-electron chi connectivity index (χ0n) is 16.3. The topological polar surface area (TPSA) is 46.5 Å². The summed E-state index contributed by atoms with van der Waals surface area (Å²) in [6.45, 7) is 5.16. The highest BCUT2D eigenvalue weighted by atomic mass is 19.1. The quantitative estimate of drug-likeness (QED) is 0.553. The molecule has 0 unspecified atom stereocenters. The molecule has 0 radical (unpaired) electrons. The third-order valence-electron chi connectivity index (χ3n) is 4.48. The van der Waals surface area contributed by atoms with Gasteiger partial charge in [-0.15, -0.1) is 6.58 Å². The number of ether oxygens (including phenoxy) is 1. The zero-order valence-corrected chi connectivity index (χ0v) is 16.3. The zero-order chi connectivity index (χ0) is 20.6. The molecule has 0 fully saturated rings. The Bertz CT molecular complexity index is 984. The number of amides is 2. The Kier molecular flexibility index (Phi) is 6.68. The summed E-state index contributed by atoms with van der Waals surface area (Å²) in [5.41, 5.74) is 2.49. The first-order valence-electron chi connectivity index (χ1n) is 9.28. The molecule has 0 aliphatic carbocycles. The molecule has 5 nitrogen and oxygen atoms in total. The molecular formula is C23H24FN3O2. The number of benzene rings is 2. The van der Waals surface area contributed by atoms with E-state index in [2.05, 4.69) is 16.5 Å². The standard InChI is InChI=1S/C23H24FN3O2/c1-3-12-27(23(28)25-20-9-5-8-19(24)15-20)17-21-10-6-13-26(21)16-18-7-4-11-22(14-18)29-2/h3-11,13-15H,1,12,16-17H2,2H3,(H,25,28). The van der Waals surface area contributed by atoms with Gasteiger partial charge in [-0.25, -0.2) is 9.18 Å². The van der Waals surface area contributed by atoms with Gasteiger partial charge in [0.05, 0.1) is 13.7 Å². The lowest BCUT2D eigenvalue weighted by Crippen LogP contribution is -2.35. The second kappa shape index (κ2) is 9.59. The number of anilines is 1. The molecule has 0 saturated heterocycles. The number of methoxy groups -OCH3 is 1. The highest BCUT2D eigenvalue weighted by Crippen LogP contribution is 2.17.